The Morgan fingerprint density at radius 3 is 3.20 bits per heavy atom. The van der Waals surface area contributed by atoms with E-state index in [4.69, 9.17) is 0 Å². The van der Waals surface area contributed by atoms with E-state index in [1.165, 1.54) is 6.21 Å². The zero-order valence-electron chi connectivity index (χ0n) is 5.11. The van der Waals surface area contributed by atoms with E-state index < -0.39 is 0 Å². The van der Waals surface area contributed by atoms with E-state index >= 15 is 0 Å². The van der Waals surface area contributed by atoms with Crippen molar-refractivity contribution in [1.29, 1.82) is 0 Å². The number of pyridine rings is 1. The molecule has 0 radical (unpaired) electrons. The molecule has 10 heavy (non-hydrogen) atoms. The van der Waals surface area contributed by atoms with Gasteiger partial charge in [0.1, 0.15) is 0 Å². The molecule has 4 nitrogen and oxygen atoms in total. The van der Waals surface area contributed by atoms with Crippen molar-refractivity contribution in [3.8, 4) is 0 Å². The van der Waals surface area contributed by atoms with E-state index in [9.17, 15) is 5.21 Å². The van der Waals surface area contributed by atoms with Crippen molar-refractivity contribution in [3.63, 3.8) is 0 Å². The minimum Gasteiger partial charge on any atom is -0.600 e. The summed E-state index contributed by atoms with van der Waals surface area (Å²) in [5.41, 5.74) is 0.813. The SMILES string of the molecule is [O-][NH+]1N=Cc2cccnc21. The molecule has 0 bridgehead atoms. The highest BCUT2D eigenvalue weighted by Gasteiger charge is 2.14. The van der Waals surface area contributed by atoms with E-state index in [0.29, 0.717) is 5.82 Å². The summed E-state index contributed by atoms with van der Waals surface area (Å²) in [5.74, 6) is 0.461. The van der Waals surface area contributed by atoms with E-state index in [0.717, 1.165) is 5.56 Å². The molecular formula is C6H5N3O. The molecule has 0 amide bonds. The van der Waals surface area contributed by atoms with Gasteiger partial charge in [-0.3, -0.25) is 0 Å². The Labute approximate surface area is 57.4 Å². The van der Waals surface area contributed by atoms with Gasteiger partial charge in [-0.2, -0.15) is 5.17 Å². The first-order valence-corrected chi connectivity index (χ1v) is 2.91. The Morgan fingerprint density at radius 2 is 2.40 bits per heavy atom. The summed E-state index contributed by atoms with van der Waals surface area (Å²) in [4.78, 5) is 3.87. The highest BCUT2D eigenvalue weighted by Crippen LogP contribution is 2.06. The van der Waals surface area contributed by atoms with Crippen LogP contribution in [-0.4, -0.2) is 11.2 Å². The second-order valence-electron chi connectivity index (χ2n) is 2.00. The molecule has 1 aromatic rings. The fourth-order valence-corrected chi connectivity index (χ4v) is 0.890. The van der Waals surface area contributed by atoms with Crippen molar-refractivity contribution in [2.75, 3.05) is 0 Å². The molecule has 1 aliphatic heterocycles. The zero-order chi connectivity index (χ0) is 6.97. The summed E-state index contributed by atoms with van der Waals surface area (Å²) in [7, 11) is 0. The number of aromatic nitrogens is 1. The van der Waals surface area contributed by atoms with Crippen LogP contribution >= 0.6 is 0 Å². The predicted molar refractivity (Wildman–Crippen MR) is 35.8 cm³/mol. The molecule has 0 fully saturated rings. The van der Waals surface area contributed by atoms with Crippen molar-refractivity contribution < 1.29 is 5.17 Å². The molecule has 2 rings (SSSR count). The lowest BCUT2D eigenvalue weighted by atomic mass is 10.3. The fraction of sp³-hybridized carbons (Fsp3) is 0. The first kappa shape index (κ1) is 5.52. The number of quaternary nitrogens is 1. The van der Waals surface area contributed by atoms with E-state index in [2.05, 4.69) is 10.1 Å². The summed E-state index contributed by atoms with van der Waals surface area (Å²) >= 11 is 0. The van der Waals surface area contributed by atoms with E-state index in [1.54, 1.807) is 12.3 Å². The third-order valence-corrected chi connectivity index (χ3v) is 1.36. The van der Waals surface area contributed by atoms with Crippen LogP contribution in [0.3, 0.4) is 0 Å². The number of hydrogen-bond donors (Lipinski definition) is 1. The summed E-state index contributed by atoms with van der Waals surface area (Å²) in [6.45, 7) is 0. The quantitative estimate of drug-likeness (QED) is 0.485. The van der Waals surface area contributed by atoms with Gasteiger partial charge in [-0.1, -0.05) is 5.10 Å². The van der Waals surface area contributed by atoms with Gasteiger partial charge in [-0.05, 0) is 12.1 Å². The van der Waals surface area contributed by atoms with Crippen LogP contribution in [0.5, 0.6) is 0 Å². The van der Waals surface area contributed by atoms with Crippen LogP contribution in [0.15, 0.2) is 23.4 Å². The highest BCUT2D eigenvalue weighted by molar-refractivity contribution is 5.85. The second-order valence-corrected chi connectivity index (χ2v) is 2.00. The van der Waals surface area contributed by atoms with Crippen molar-refractivity contribution >= 4 is 12.0 Å². The van der Waals surface area contributed by atoms with Crippen molar-refractivity contribution in [2.24, 2.45) is 5.10 Å². The maximum Gasteiger partial charge on any atom is 0.261 e. The lowest BCUT2D eigenvalue weighted by Crippen LogP contribution is -2.95. The second kappa shape index (κ2) is 1.86. The monoisotopic (exact) mass is 135 g/mol. The first-order chi connectivity index (χ1) is 4.88. The van der Waals surface area contributed by atoms with Gasteiger partial charge in [0.25, 0.3) is 5.82 Å². The average Bonchev–Trinajstić information content (AvgIpc) is 2.34. The molecule has 0 aliphatic carbocycles. The third-order valence-electron chi connectivity index (χ3n) is 1.36. The molecule has 0 spiro atoms. The van der Waals surface area contributed by atoms with Crippen LogP contribution in [0.4, 0.5) is 5.82 Å². The van der Waals surface area contributed by atoms with Crippen LogP contribution in [0.2, 0.25) is 0 Å². The van der Waals surface area contributed by atoms with E-state index in [1.807, 2.05) is 6.07 Å². The predicted octanol–water partition coefficient (Wildman–Crippen LogP) is -0.557. The number of rotatable bonds is 0. The molecule has 4 heteroatoms. The van der Waals surface area contributed by atoms with Gasteiger partial charge in [0, 0.05) is 6.20 Å². The average molecular weight is 135 g/mol. The molecule has 1 unspecified atom stereocenters. The van der Waals surface area contributed by atoms with Crippen molar-refractivity contribution in [1.82, 2.24) is 4.98 Å². The minimum atomic E-state index is -0.240. The maximum absolute atomic E-state index is 10.8. The van der Waals surface area contributed by atoms with Gasteiger partial charge in [0.15, 0.2) is 0 Å². The van der Waals surface area contributed by atoms with Crippen LogP contribution in [0.25, 0.3) is 0 Å². The van der Waals surface area contributed by atoms with Gasteiger partial charge in [-0.15, -0.1) is 0 Å². The summed E-state index contributed by atoms with van der Waals surface area (Å²) < 4.78 is 0. The van der Waals surface area contributed by atoms with Crippen LogP contribution in [-0.2, 0) is 0 Å². The first-order valence-electron chi connectivity index (χ1n) is 2.91. The topological polar surface area (TPSA) is 52.8 Å². The van der Waals surface area contributed by atoms with Crippen molar-refractivity contribution in [3.05, 3.63) is 29.1 Å². The van der Waals surface area contributed by atoms with Crippen LogP contribution < -0.4 is 5.17 Å². The number of fused-ring (bicyclic) bond motifs is 1. The van der Waals surface area contributed by atoms with Crippen molar-refractivity contribution in [2.45, 2.75) is 0 Å². The molecule has 1 N–H and O–H groups in total. The molecule has 2 heterocycles. The third kappa shape index (κ3) is 0.632. The number of nitrogens with zero attached hydrogens (tertiary/aromatic N) is 2. The summed E-state index contributed by atoms with van der Waals surface area (Å²) in [6, 6.07) is 3.60. The standard InChI is InChI=1S/C6H5N3O/c10-9-6-5(4-8-9)2-1-3-7-6/h1-4,9H. The molecule has 0 aromatic carbocycles. The molecule has 50 valence electrons. The van der Waals surface area contributed by atoms with Gasteiger partial charge < -0.3 is 5.21 Å². The highest BCUT2D eigenvalue weighted by atomic mass is 16.5. The molecule has 0 saturated carbocycles. The Morgan fingerprint density at radius 1 is 1.50 bits per heavy atom. The minimum absolute atomic E-state index is 0.240. The molecule has 0 saturated heterocycles. The van der Waals surface area contributed by atoms with Gasteiger partial charge in [-0.25, -0.2) is 4.98 Å². The zero-order valence-corrected chi connectivity index (χ0v) is 5.11. The van der Waals surface area contributed by atoms with Gasteiger partial charge in [0.05, 0.1) is 11.8 Å². The van der Waals surface area contributed by atoms with E-state index in [-0.39, 0.29) is 5.17 Å². The lowest BCUT2D eigenvalue weighted by Gasteiger charge is -2.07. The van der Waals surface area contributed by atoms with Gasteiger partial charge in [0.2, 0.25) is 0 Å². The maximum atomic E-state index is 10.8. The number of nitrogens with one attached hydrogen (secondary N) is 1. The molecule has 1 aliphatic rings. The molecule has 1 aromatic heterocycles. The summed E-state index contributed by atoms with van der Waals surface area (Å²) in [6.07, 6.45) is 3.12. The fourth-order valence-electron chi connectivity index (χ4n) is 0.890. The Bertz CT molecular complexity index is 284. The summed E-state index contributed by atoms with van der Waals surface area (Å²) in [5, 5.41) is 14.1. The normalized spacial score (nSPS) is 21.1. The molecule has 1 atom stereocenters. The largest absolute Gasteiger partial charge is 0.600 e. The smallest absolute Gasteiger partial charge is 0.261 e. The van der Waals surface area contributed by atoms with Crippen LogP contribution in [0, 0.1) is 5.21 Å². The van der Waals surface area contributed by atoms with Crippen LogP contribution in [0.1, 0.15) is 5.56 Å². The Balaban J connectivity index is 2.59. The van der Waals surface area contributed by atoms with Gasteiger partial charge >= 0.3 is 0 Å². The lowest BCUT2D eigenvalue weighted by molar-refractivity contribution is -0.782. The number of hydrogen-bond acceptors (Lipinski definition) is 3. The Hall–Kier alpha value is -1.26. The molecular weight excluding hydrogens is 130 g/mol. The Kier molecular flexibility index (Phi) is 1.03.